The highest BCUT2D eigenvalue weighted by Crippen LogP contribution is 2.31. The van der Waals surface area contributed by atoms with Gasteiger partial charge in [0.15, 0.2) is 0 Å². The molecule has 1 aromatic carbocycles. The first-order valence-electron chi connectivity index (χ1n) is 11.9. The molecular weight excluding hydrogens is 388 g/mol. The number of rotatable bonds is 3. The van der Waals surface area contributed by atoms with Crippen LogP contribution in [0.5, 0.6) is 0 Å². The fourth-order valence-electron chi connectivity index (χ4n) is 5.60. The van der Waals surface area contributed by atoms with Crippen LogP contribution in [-0.2, 0) is 13.0 Å². The van der Waals surface area contributed by atoms with Crippen molar-refractivity contribution in [1.29, 1.82) is 0 Å². The standard InChI is InChI=1S/C25H32N4O2/c30-24-20-14-16-28(19-11-5-2-6-12-19)17-21(20)26-23(27-24)22-13-7-8-15-29(22)25(31)18-9-3-1-4-10-18/h1,3-4,9-10,19,22H,2,5-8,11-17H2,(H,26,27,30)/t22-/m0/s1. The minimum atomic E-state index is -0.162. The van der Waals surface area contributed by atoms with Gasteiger partial charge in [-0.3, -0.25) is 14.5 Å². The number of amides is 1. The Morgan fingerprint density at radius 3 is 2.55 bits per heavy atom. The van der Waals surface area contributed by atoms with Crippen LogP contribution >= 0.6 is 0 Å². The predicted molar refractivity (Wildman–Crippen MR) is 120 cm³/mol. The fourth-order valence-corrected chi connectivity index (χ4v) is 5.60. The quantitative estimate of drug-likeness (QED) is 0.819. The van der Waals surface area contributed by atoms with Crippen molar-refractivity contribution in [3.63, 3.8) is 0 Å². The van der Waals surface area contributed by atoms with E-state index < -0.39 is 0 Å². The van der Waals surface area contributed by atoms with Crippen LogP contribution in [0.2, 0.25) is 0 Å². The van der Waals surface area contributed by atoms with Crippen LogP contribution in [0.1, 0.15) is 84.8 Å². The molecule has 2 fully saturated rings. The highest BCUT2D eigenvalue weighted by Gasteiger charge is 2.33. The van der Waals surface area contributed by atoms with Crippen molar-refractivity contribution in [1.82, 2.24) is 19.8 Å². The summed E-state index contributed by atoms with van der Waals surface area (Å²) in [6.45, 7) is 2.41. The van der Waals surface area contributed by atoms with Crippen molar-refractivity contribution >= 4 is 5.91 Å². The summed E-state index contributed by atoms with van der Waals surface area (Å²) in [5.74, 6) is 0.688. The van der Waals surface area contributed by atoms with Crippen molar-refractivity contribution in [2.45, 2.75) is 76.4 Å². The fraction of sp³-hybridized carbons (Fsp3) is 0.560. The van der Waals surface area contributed by atoms with E-state index in [-0.39, 0.29) is 17.5 Å². The molecule has 0 bridgehead atoms. The van der Waals surface area contributed by atoms with Crippen molar-refractivity contribution < 1.29 is 4.79 Å². The zero-order chi connectivity index (χ0) is 21.2. The number of likely N-dealkylation sites (tertiary alicyclic amines) is 1. The number of carbonyl (C=O) groups is 1. The Labute approximate surface area is 183 Å². The number of benzene rings is 1. The lowest BCUT2D eigenvalue weighted by Crippen LogP contribution is -2.44. The second-order valence-corrected chi connectivity index (χ2v) is 9.26. The summed E-state index contributed by atoms with van der Waals surface area (Å²) in [5.41, 5.74) is 2.44. The van der Waals surface area contributed by atoms with E-state index >= 15 is 0 Å². The Balaban J connectivity index is 1.42. The highest BCUT2D eigenvalue weighted by molar-refractivity contribution is 5.94. The van der Waals surface area contributed by atoms with Crippen molar-refractivity contribution in [2.75, 3.05) is 13.1 Å². The Kier molecular flexibility index (Phi) is 5.90. The van der Waals surface area contributed by atoms with Gasteiger partial charge in [0.05, 0.1) is 11.7 Å². The molecule has 3 aliphatic rings. The monoisotopic (exact) mass is 420 g/mol. The maximum atomic E-state index is 13.2. The maximum absolute atomic E-state index is 13.2. The van der Waals surface area contributed by atoms with Crippen LogP contribution < -0.4 is 5.56 Å². The Bertz CT molecular complexity index is 981. The number of hydrogen-bond acceptors (Lipinski definition) is 4. The van der Waals surface area contributed by atoms with E-state index in [2.05, 4.69) is 9.88 Å². The molecule has 6 nitrogen and oxygen atoms in total. The zero-order valence-electron chi connectivity index (χ0n) is 18.2. The summed E-state index contributed by atoms with van der Waals surface area (Å²) in [6.07, 6.45) is 10.1. The predicted octanol–water partition coefficient (Wildman–Crippen LogP) is 3.83. The average molecular weight is 421 g/mol. The molecule has 0 unspecified atom stereocenters. The first-order valence-corrected chi connectivity index (χ1v) is 11.9. The number of H-pyrrole nitrogens is 1. The number of hydrogen-bond donors (Lipinski definition) is 1. The second-order valence-electron chi connectivity index (χ2n) is 9.26. The largest absolute Gasteiger partial charge is 0.328 e. The van der Waals surface area contributed by atoms with Crippen LogP contribution in [0.4, 0.5) is 0 Å². The van der Waals surface area contributed by atoms with Gasteiger partial charge in [-0.2, -0.15) is 0 Å². The van der Waals surface area contributed by atoms with Gasteiger partial charge in [0.2, 0.25) is 0 Å². The molecule has 2 aromatic rings. The molecule has 3 heterocycles. The van der Waals surface area contributed by atoms with Crippen molar-refractivity contribution in [2.24, 2.45) is 0 Å². The Morgan fingerprint density at radius 2 is 1.74 bits per heavy atom. The topological polar surface area (TPSA) is 69.3 Å². The number of piperidine rings is 1. The lowest BCUT2D eigenvalue weighted by atomic mass is 9.92. The number of carbonyl (C=O) groups excluding carboxylic acids is 1. The van der Waals surface area contributed by atoms with E-state index in [0.717, 1.165) is 50.0 Å². The van der Waals surface area contributed by atoms with E-state index in [1.807, 2.05) is 35.2 Å². The molecule has 1 aromatic heterocycles. The number of aromatic amines is 1. The molecule has 5 rings (SSSR count). The molecule has 1 aliphatic carbocycles. The van der Waals surface area contributed by atoms with E-state index in [4.69, 9.17) is 4.98 Å². The highest BCUT2D eigenvalue weighted by atomic mass is 16.2. The average Bonchev–Trinajstić information content (AvgIpc) is 2.84. The number of nitrogens with one attached hydrogen (secondary N) is 1. The van der Waals surface area contributed by atoms with Crippen molar-refractivity contribution in [3.8, 4) is 0 Å². The lowest BCUT2D eigenvalue weighted by molar-refractivity contribution is 0.0598. The Hall–Kier alpha value is -2.47. The third-order valence-electron chi connectivity index (χ3n) is 7.31. The van der Waals surface area contributed by atoms with Crippen molar-refractivity contribution in [3.05, 3.63) is 63.3 Å². The van der Waals surface area contributed by atoms with Gasteiger partial charge in [-0.05, 0) is 50.7 Å². The molecule has 31 heavy (non-hydrogen) atoms. The van der Waals surface area contributed by atoms with Gasteiger partial charge < -0.3 is 9.88 Å². The molecule has 2 aliphatic heterocycles. The van der Waals surface area contributed by atoms with Gasteiger partial charge in [0, 0.05) is 36.8 Å². The smallest absolute Gasteiger partial charge is 0.254 e. The molecule has 6 heteroatoms. The van der Waals surface area contributed by atoms with Crippen LogP contribution in [-0.4, -0.2) is 44.8 Å². The zero-order valence-corrected chi connectivity index (χ0v) is 18.2. The summed E-state index contributed by atoms with van der Waals surface area (Å²) < 4.78 is 0. The second kappa shape index (κ2) is 8.95. The SMILES string of the molecule is O=C(c1ccccc1)N1CCCC[C@H]1c1nc2c(c(=O)[nH]1)CCN(C1CCCCC1)C2. The summed E-state index contributed by atoms with van der Waals surface area (Å²) in [4.78, 5) is 38.6. The number of fused-ring (bicyclic) bond motifs is 1. The maximum Gasteiger partial charge on any atom is 0.254 e. The first kappa shape index (κ1) is 20.4. The molecule has 1 atom stereocenters. The molecule has 164 valence electrons. The molecule has 0 spiro atoms. The third kappa shape index (κ3) is 4.18. The molecule has 0 radical (unpaired) electrons. The molecule has 1 saturated carbocycles. The van der Waals surface area contributed by atoms with E-state index in [9.17, 15) is 9.59 Å². The summed E-state index contributed by atoms with van der Waals surface area (Å²) in [5, 5.41) is 0. The number of aromatic nitrogens is 2. The lowest BCUT2D eigenvalue weighted by Gasteiger charge is -2.38. The Morgan fingerprint density at radius 1 is 0.968 bits per heavy atom. The van der Waals surface area contributed by atoms with Gasteiger partial charge >= 0.3 is 0 Å². The molecule has 1 amide bonds. The van der Waals surface area contributed by atoms with E-state index in [0.29, 0.717) is 24.0 Å². The minimum Gasteiger partial charge on any atom is -0.328 e. The molecule has 1 saturated heterocycles. The van der Waals surface area contributed by atoms with Gasteiger partial charge in [0.25, 0.3) is 11.5 Å². The van der Waals surface area contributed by atoms with Gasteiger partial charge in [-0.1, -0.05) is 37.5 Å². The minimum absolute atomic E-state index is 0.0130. The van der Waals surface area contributed by atoms with E-state index in [1.54, 1.807) is 0 Å². The normalized spacial score (nSPS) is 22.8. The molecule has 1 N–H and O–H groups in total. The van der Waals surface area contributed by atoms with Crippen LogP contribution in [0.25, 0.3) is 0 Å². The third-order valence-corrected chi connectivity index (χ3v) is 7.31. The molecular formula is C25H32N4O2. The number of nitrogens with zero attached hydrogens (tertiary/aromatic N) is 3. The summed E-state index contributed by atoms with van der Waals surface area (Å²) >= 11 is 0. The summed E-state index contributed by atoms with van der Waals surface area (Å²) in [7, 11) is 0. The van der Waals surface area contributed by atoms with E-state index in [1.165, 1.54) is 32.1 Å². The van der Waals surface area contributed by atoms with Crippen LogP contribution in [0.15, 0.2) is 35.1 Å². The van der Waals surface area contributed by atoms with Gasteiger partial charge in [0.1, 0.15) is 5.82 Å². The van der Waals surface area contributed by atoms with Gasteiger partial charge in [-0.15, -0.1) is 0 Å². The first-order chi connectivity index (χ1) is 15.2. The van der Waals surface area contributed by atoms with Crippen LogP contribution in [0, 0.1) is 0 Å². The van der Waals surface area contributed by atoms with Gasteiger partial charge in [-0.25, -0.2) is 4.98 Å². The summed E-state index contributed by atoms with van der Waals surface area (Å²) in [6, 6.07) is 9.89. The van der Waals surface area contributed by atoms with Crippen LogP contribution in [0.3, 0.4) is 0 Å².